The number of fused-ring (bicyclic) bond motifs is 1. The van der Waals surface area contributed by atoms with Gasteiger partial charge in [0.05, 0.1) is 11.9 Å². The Morgan fingerprint density at radius 3 is 2.64 bits per heavy atom. The zero-order valence-corrected chi connectivity index (χ0v) is 14.2. The number of rotatable bonds is 3. The molecule has 1 N–H and O–H groups in total. The highest BCUT2D eigenvalue weighted by molar-refractivity contribution is 6.02. The molecule has 3 heteroatoms. The van der Waals surface area contributed by atoms with Crippen LogP contribution in [0, 0.1) is 12.8 Å². The van der Waals surface area contributed by atoms with Crippen LogP contribution in [-0.4, -0.2) is 24.1 Å². The first-order valence-electron chi connectivity index (χ1n) is 8.46. The standard InChI is InChI=1S/C19H27N3/c1-13(2)21-17-12-20-19(22-10-8-14(3)9-11-22)18-15(4)6-5-7-16(17)18/h5-7,12-14,21H,8-11H2,1-4H3. The zero-order chi connectivity index (χ0) is 15.7. The van der Waals surface area contributed by atoms with Crippen LogP contribution < -0.4 is 10.2 Å². The fourth-order valence-electron chi connectivity index (χ4n) is 3.33. The Labute approximate surface area is 133 Å². The molecule has 1 aromatic carbocycles. The first-order valence-corrected chi connectivity index (χ1v) is 8.46. The molecule has 1 aliphatic heterocycles. The molecule has 2 aromatic rings. The lowest BCUT2D eigenvalue weighted by atomic mass is 9.98. The molecular formula is C19H27N3. The number of nitrogens with one attached hydrogen (secondary N) is 1. The summed E-state index contributed by atoms with van der Waals surface area (Å²) in [5, 5.41) is 6.13. The summed E-state index contributed by atoms with van der Waals surface area (Å²) in [4.78, 5) is 7.30. The highest BCUT2D eigenvalue weighted by Crippen LogP contribution is 2.34. The van der Waals surface area contributed by atoms with Crippen molar-refractivity contribution < 1.29 is 0 Å². The number of benzene rings is 1. The van der Waals surface area contributed by atoms with Gasteiger partial charge in [-0.1, -0.05) is 25.1 Å². The van der Waals surface area contributed by atoms with Gasteiger partial charge >= 0.3 is 0 Å². The lowest BCUT2D eigenvalue weighted by molar-refractivity contribution is 0.437. The van der Waals surface area contributed by atoms with Crippen molar-refractivity contribution in [1.82, 2.24) is 4.98 Å². The van der Waals surface area contributed by atoms with Gasteiger partial charge in [-0.3, -0.25) is 0 Å². The van der Waals surface area contributed by atoms with E-state index in [1.54, 1.807) is 0 Å². The molecular weight excluding hydrogens is 270 g/mol. The van der Waals surface area contributed by atoms with Crippen molar-refractivity contribution >= 4 is 22.3 Å². The molecule has 0 bridgehead atoms. The van der Waals surface area contributed by atoms with E-state index in [2.05, 4.69) is 56.1 Å². The molecule has 0 spiro atoms. The second-order valence-electron chi connectivity index (χ2n) is 6.96. The maximum absolute atomic E-state index is 4.83. The zero-order valence-electron chi connectivity index (χ0n) is 14.2. The number of aryl methyl sites for hydroxylation is 1. The predicted octanol–water partition coefficient (Wildman–Crippen LogP) is 4.60. The van der Waals surface area contributed by atoms with Gasteiger partial charge in [0.25, 0.3) is 0 Å². The van der Waals surface area contributed by atoms with Crippen LogP contribution in [0.5, 0.6) is 0 Å². The summed E-state index contributed by atoms with van der Waals surface area (Å²) in [6, 6.07) is 6.96. The van der Waals surface area contributed by atoms with E-state index < -0.39 is 0 Å². The third-order valence-electron chi connectivity index (χ3n) is 4.63. The normalized spacial score (nSPS) is 16.5. The van der Waals surface area contributed by atoms with Crippen molar-refractivity contribution in [1.29, 1.82) is 0 Å². The Hall–Kier alpha value is -1.77. The Bertz CT molecular complexity index is 655. The molecule has 0 saturated carbocycles. The Morgan fingerprint density at radius 2 is 1.95 bits per heavy atom. The maximum atomic E-state index is 4.83. The van der Waals surface area contributed by atoms with E-state index in [0.717, 1.165) is 30.5 Å². The van der Waals surface area contributed by atoms with Crippen LogP contribution in [-0.2, 0) is 0 Å². The summed E-state index contributed by atoms with van der Waals surface area (Å²) in [7, 11) is 0. The van der Waals surface area contributed by atoms with Gasteiger partial charge < -0.3 is 10.2 Å². The molecule has 1 aliphatic rings. The monoisotopic (exact) mass is 297 g/mol. The van der Waals surface area contributed by atoms with Gasteiger partial charge in [-0.2, -0.15) is 0 Å². The average Bonchev–Trinajstić information content (AvgIpc) is 2.49. The molecule has 0 atom stereocenters. The Balaban J connectivity index is 2.08. The number of pyridine rings is 1. The fraction of sp³-hybridized carbons (Fsp3) is 0.526. The molecule has 2 heterocycles. The van der Waals surface area contributed by atoms with E-state index in [-0.39, 0.29) is 0 Å². The molecule has 3 rings (SSSR count). The minimum absolute atomic E-state index is 0.409. The van der Waals surface area contributed by atoms with Crippen molar-refractivity contribution in [2.45, 2.75) is 46.6 Å². The van der Waals surface area contributed by atoms with E-state index in [4.69, 9.17) is 4.98 Å². The Kier molecular flexibility index (Phi) is 4.23. The predicted molar refractivity (Wildman–Crippen MR) is 95.8 cm³/mol. The number of piperidine rings is 1. The quantitative estimate of drug-likeness (QED) is 0.897. The summed E-state index contributed by atoms with van der Waals surface area (Å²) in [5.41, 5.74) is 2.45. The van der Waals surface area contributed by atoms with E-state index in [1.807, 2.05) is 6.20 Å². The summed E-state index contributed by atoms with van der Waals surface area (Å²) < 4.78 is 0. The minimum Gasteiger partial charge on any atom is -0.381 e. The number of nitrogens with zero attached hydrogens (tertiary/aromatic N) is 2. The number of hydrogen-bond donors (Lipinski definition) is 1. The molecule has 118 valence electrons. The van der Waals surface area contributed by atoms with E-state index in [1.165, 1.54) is 29.2 Å². The van der Waals surface area contributed by atoms with Crippen LogP contribution in [0.15, 0.2) is 24.4 Å². The highest BCUT2D eigenvalue weighted by atomic mass is 15.2. The lowest BCUT2D eigenvalue weighted by Crippen LogP contribution is -2.33. The summed E-state index contributed by atoms with van der Waals surface area (Å²) >= 11 is 0. The maximum Gasteiger partial charge on any atom is 0.136 e. The van der Waals surface area contributed by atoms with Crippen molar-refractivity contribution in [3.05, 3.63) is 30.0 Å². The van der Waals surface area contributed by atoms with Crippen molar-refractivity contribution in [3.63, 3.8) is 0 Å². The average molecular weight is 297 g/mol. The topological polar surface area (TPSA) is 28.2 Å². The van der Waals surface area contributed by atoms with Crippen molar-refractivity contribution in [2.75, 3.05) is 23.3 Å². The molecule has 0 aliphatic carbocycles. The first-order chi connectivity index (χ1) is 10.6. The van der Waals surface area contributed by atoms with Crippen LogP contribution in [0.4, 0.5) is 11.5 Å². The Morgan fingerprint density at radius 1 is 1.23 bits per heavy atom. The van der Waals surface area contributed by atoms with Gasteiger partial charge in [0.15, 0.2) is 0 Å². The molecule has 0 amide bonds. The van der Waals surface area contributed by atoms with E-state index in [0.29, 0.717) is 6.04 Å². The van der Waals surface area contributed by atoms with Crippen LogP contribution in [0.1, 0.15) is 39.2 Å². The molecule has 1 fully saturated rings. The van der Waals surface area contributed by atoms with Crippen LogP contribution in [0.2, 0.25) is 0 Å². The molecule has 22 heavy (non-hydrogen) atoms. The smallest absolute Gasteiger partial charge is 0.136 e. The second-order valence-corrected chi connectivity index (χ2v) is 6.96. The number of aromatic nitrogens is 1. The SMILES string of the molecule is Cc1cccc2c(NC(C)C)cnc(N3CCC(C)CC3)c12. The van der Waals surface area contributed by atoms with Gasteiger partial charge in [-0.15, -0.1) is 0 Å². The number of anilines is 2. The van der Waals surface area contributed by atoms with Gasteiger partial charge in [0, 0.05) is 29.9 Å². The van der Waals surface area contributed by atoms with Gasteiger partial charge in [-0.05, 0) is 45.1 Å². The van der Waals surface area contributed by atoms with Crippen molar-refractivity contribution in [3.8, 4) is 0 Å². The van der Waals surface area contributed by atoms with Gasteiger partial charge in [0.2, 0.25) is 0 Å². The lowest BCUT2D eigenvalue weighted by Gasteiger charge is -2.32. The highest BCUT2D eigenvalue weighted by Gasteiger charge is 2.20. The van der Waals surface area contributed by atoms with Gasteiger partial charge in [0.1, 0.15) is 5.82 Å². The molecule has 0 radical (unpaired) electrons. The minimum atomic E-state index is 0.409. The summed E-state index contributed by atoms with van der Waals surface area (Å²) in [6.07, 6.45) is 4.54. The van der Waals surface area contributed by atoms with Crippen molar-refractivity contribution in [2.24, 2.45) is 5.92 Å². The molecule has 3 nitrogen and oxygen atoms in total. The third kappa shape index (κ3) is 2.90. The van der Waals surface area contributed by atoms with Crippen LogP contribution in [0.25, 0.3) is 10.8 Å². The first kappa shape index (κ1) is 15.1. The molecule has 1 saturated heterocycles. The number of hydrogen-bond acceptors (Lipinski definition) is 3. The molecule has 0 unspecified atom stereocenters. The van der Waals surface area contributed by atoms with Crippen LogP contribution >= 0.6 is 0 Å². The van der Waals surface area contributed by atoms with Crippen LogP contribution in [0.3, 0.4) is 0 Å². The molecule has 1 aromatic heterocycles. The fourth-order valence-corrected chi connectivity index (χ4v) is 3.33. The van der Waals surface area contributed by atoms with E-state index >= 15 is 0 Å². The van der Waals surface area contributed by atoms with E-state index in [9.17, 15) is 0 Å². The van der Waals surface area contributed by atoms with Gasteiger partial charge in [-0.25, -0.2) is 4.98 Å². The third-order valence-corrected chi connectivity index (χ3v) is 4.63. The second kappa shape index (κ2) is 6.15. The largest absolute Gasteiger partial charge is 0.381 e. The summed E-state index contributed by atoms with van der Waals surface area (Å²) in [5.74, 6) is 2.00. The summed E-state index contributed by atoms with van der Waals surface area (Å²) in [6.45, 7) is 11.1.